The van der Waals surface area contributed by atoms with Gasteiger partial charge in [-0.1, -0.05) is 0 Å². The number of nitrogens with two attached hydrogens (primary N) is 1. The van der Waals surface area contributed by atoms with E-state index in [1.807, 2.05) is 17.0 Å². The molecule has 1 aromatic rings. The monoisotopic (exact) mass is 222 g/mol. The van der Waals surface area contributed by atoms with E-state index >= 15 is 0 Å². The van der Waals surface area contributed by atoms with E-state index in [0.717, 1.165) is 31.7 Å². The highest BCUT2D eigenvalue weighted by Crippen LogP contribution is 2.21. The summed E-state index contributed by atoms with van der Waals surface area (Å²) in [5.74, 6) is 1.03. The van der Waals surface area contributed by atoms with E-state index in [9.17, 15) is 4.79 Å². The van der Waals surface area contributed by atoms with Gasteiger partial charge in [-0.3, -0.25) is 4.79 Å². The van der Waals surface area contributed by atoms with Gasteiger partial charge in [-0.05, 0) is 25.0 Å². The number of nitrogens with zero attached hydrogens (tertiary/aromatic N) is 1. The molecule has 16 heavy (non-hydrogen) atoms. The molecular formula is C12H18N2O2. The van der Waals surface area contributed by atoms with Crippen LogP contribution in [-0.2, 0) is 4.79 Å². The summed E-state index contributed by atoms with van der Waals surface area (Å²) in [5.41, 5.74) is 5.68. The van der Waals surface area contributed by atoms with Crippen molar-refractivity contribution in [3.8, 4) is 0 Å². The minimum absolute atomic E-state index is 0.0168. The Balaban J connectivity index is 1.93. The fraction of sp³-hybridized carbons (Fsp3) is 0.583. The third-order valence-corrected chi connectivity index (χ3v) is 3.11. The van der Waals surface area contributed by atoms with Crippen LogP contribution in [0.25, 0.3) is 0 Å². The summed E-state index contributed by atoms with van der Waals surface area (Å²) in [6.07, 6.45) is 4.34. The van der Waals surface area contributed by atoms with Crippen molar-refractivity contribution in [3.05, 3.63) is 24.2 Å². The molecule has 1 amide bonds. The Morgan fingerprint density at radius 1 is 1.50 bits per heavy atom. The first-order valence-corrected chi connectivity index (χ1v) is 5.82. The van der Waals surface area contributed by atoms with Crippen molar-refractivity contribution in [3.63, 3.8) is 0 Å². The molecule has 0 spiro atoms. The maximum absolute atomic E-state index is 11.9. The number of furan rings is 1. The zero-order valence-electron chi connectivity index (χ0n) is 9.39. The van der Waals surface area contributed by atoms with Gasteiger partial charge in [-0.25, -0.2) is 0 Å². The van der Waals surface area contributed by atoms with Gasteiger partial charge in [0.05, 0.1) is 6.26 Å². The molecule has 0 aliphatic carbocycles. The number of hydrogen-bond donors (Lipinski definition) is 1. The lowest BCUT2D eigenvalue weighted by molar-refractivity contribution is -0.130. The van der Waals surface area contributed by atoms with E-state index in [4.69, 9.17) is 10.2 Å². The van der Waals surface area contributed by atoms with Crippen LogP contribution >= 0.6 is 0 Å². The van der Waals surface area contributed by atoms with E-state index in [0.29, 0.717) is 13.0 Å². The molecule has 2 heterocycles. The van der Waals surface area contributed by atoms with Crippen LogP contribution in [0.1, 0.15) is 30.9 Å². The fourth-order valence-electron chi connectivity index (χ4n) is 2.13. The highest BCUT2D eigenvalue weighted by Gasteiger charge is 2.23. The summed E-state index contributed by atoms with van der Waals surface area (Å²) >= 11 is 0. The predicted octanol–water partition coefficient (Wildman–Crippen LogP) is 1.33. The van der Waals surface area contributed by atoms with E-state index in [1.165, 1.54) is 0 Å². The zero-order valence-corrected chi connectivity index (χ0v) is 9.39. The molecular weight excluding hydrogens is 204 g/mol. The van der Waals surface area contributed by atoms with Gasteiger partial charge in [-0.15, -0.1) is 0 Å². The SMILES string of the molecule is NCC(CC(=O)N1CCCC1)c1ccco1. The Kier molecular flexibility index (Phi) is 3.62. The molecule has 2 N–H and O–H groups in total. The summed E-state index contributed by atoms with van der Waals surface area (Å²) < 4.78 is 5.30. The Labute approximate surface area is 95.4 Å². The number of hydrogen-bond acceptors (Lipinski definition) is 3. The molecule has 1 aliphatic heterocycles. The van der Waals surface area contributed by atoms with E-state index < -0.39 is 0 Å². The molecule has 0 radical (unpaired) electrons. The summed E-state index contributed by atoms with van der Waals surface area (Å²) in [6.45, 7) is 2.25. The quantitative estimate of drug-likeness (QED) is 0.836. The first-order valence-electron chi connectivity index (χ1n) is 5.82. The van der Waals surface area contributed by atoms with E-state index in [1.54, 1.807) is 6.26 Å². The summed E-state index contributed by atoms with van der Waals surface area (Å²) in [7, 11) is 0. The van der Waals surface area contributed by atoms with Gasteiger partial charge >= 0.3 is 0 Å². The highest BCUT2D eigenvalue weighted by atomic mass is 16.3. The second-order valence-electron chi connectivity index (χ2n) is 4.24. The molecule has 1 aromatic heterocycles. The zero-order chi connectivity index (χ0) is 11.4. The summed E-state index contributed by atoms with van der Waals surface area (Å²) in [4.78, 5) is 13.9. The average molecular weight is 222 g/mol. The van der Waals surface area contributed by atoms with Crippen molar-refractivity contribution in [2.75, 3.05) is 19.6 Å². The van der Waals surface area contributed by atoms with Crippen LogP contribution in [0, 0.1) is 0 Å². The number of likely N-dealkylation sites (tertiary alicyclic amines) is 1. The van der Waals surface area contributed by atoms with Gasteiger partial charge in [0.15, 0.2) is 0 Å². The van der Waals surface area contributed by atoms with Gasteiger partial charge < -0.3 is 15.1 Å². The minimum atomic E-state index is 0.0168. The molecule has 1 aliphatic rings. The van der Waals surface area contributed by atoms with Crippen LogP contribution in [0.4, 0.5) is 0 Å². The molecule has 4 heteroatoms. The summed E-state index contributed by atoms with van der Waals surface area (Å²) in [5, 5.41) is 0. The maximum Gasteiger partial charge on any atom is 0.223 e. The van der Waals surface area contributed by atoms with Gasteiger partial charge in [0.2, 0.25) is 5.91 Å². The molecule has 88 valence electrons. The molecule has 0 bridgehead atoms. The maximum atomic E-state index is 11.9. The van der Waals surface area contributed by atoms with Crippen molar-refractivity contribution >= 4 is 5.91 Å². The molecule has 0 aromatic carbocycles. The number of carbonyl (C=O) groups excluding carboxylic acids is 1. The normalized spacial score (nSPS) is 17.7. The highest BCUT2D eigenvalue weighted by molar-refractivity contribution is 5.77. The lowest BCUT2D eigenvalue weighted by atomic mass is 10.0. The molecule has 4 nitrogen and oxygen atoms in total. The third-order valence-electron chi connectivity index (χ3n) is 3.11. The first-order chi connectivity index (χ1) is 7.81. The molecule has 0 saturated carbocycles. The lowest BCUT2D eigenvalue weighted by Crippen LogP contribution is -2.30. The topological polar surface area (TPSA) is 59.5 Å². The van der Waals surface area contributed by atoms with Crippen molar-refractivity contribution in [1.29, 1.82) is 0 Å². The smallest absolute Gasteiger partial charge is 0.223 e. The second-order valence-corrected chi connectivity index (χ2v) is 4.24. The Hall–Kier alpha value is -1.29. The van der Waals surface area contributed by atoms with Crippen molar-refractivity contribution in [2.45, 2.75) is 25.2 Å². The Morgan fingerprint density at radius 2 is 2.25 bits per heavy atom. The minimum Gasteiger partial charge on any atom is -0.469 e. The Bertz CT molecular complexity index is 329. The van der Waals surface area contributed by atoms with Gasteiger partial charge in [0, 0.05) is 32.0 Å². The van der Waals surface area contributed by atoms with Gasteiger partial charge in [0.1, 0.15) is 5.76 Å². The van der Waals surface area contributed by atoms with Crippen molar-refractivity contribution in [1.82, 2.24) is 4.90 Å². The van der Waals surface area contributed by atoms with Crippen LogP contribution in [0.15, 0.2) is 22.8 Å². The predicted molar refractivity (Wildman–Crippen MR) is 60.9 cm³/mol. The molecule has 1 saturated heterocycles. The van der Waals surface area contributed by atoms with E-state index in [-0.39, 0.29) is 11.8 Å². The molecule has 1 fully saturated rings. The van der Waals surface area contributed by atoms with Crippen molar-refractivity contribution in [2.24, 2.45) is 5.73 Å². The summed E-state index contributed by atoms with van der Waals surface area (Å²) in [6, 6.07) is 3.72. The fourth-order valence-corrected chi connectivity index (χ4v) is 2.13. The number of amides is 1. The van der Waals surface area contributed by atoms with Crippen LogP contribution in [0.3, 0.4) is 0 Å². The van der Waals surface area contributed by atoms with E-state index in [2.05, 4.69) is 0 Å². The largest absolute Gasteiger partial charge is 0.469 e. The van der Waals surface area contributed by atoms with Crippen LogP contribution in [-0.4, -0.2) is 30.4 Å². The lowest BCUT2D eigenvalue weighted by Gasteiger charge is -2.18. The molecule has 2 rings (SSSR count). The first kappa shape index (κ1) is 11.2. The van der Waals surface area contributed by atoms with Crippen LogP contribution < -0.4 is 5.73 Å². The van der Waals surface area contributed by atoms with Gasteiger partial charge in [-0.2, -0.15) is 0 Å². The molecule has 1 atom stereocenters. The average Bonchev–Trinajstić information content (AvgIpc) is 2.96. The molecule has 1 unspecified atom stereocenters. The van der Waals surface area contributed by atoms with Gasteiger partial charge in [0.25, 0.3) is 0 Å². The number of rotatable bonds is 4. The third kappa shape index (κ3) is 2.44. The van der Waals surface area contributed by atoms with Crippen LogP contribution in [0.5, 0.6) is 0 Å². The second kappa shape index (κ2) is 5.16. The van der Waals surface area contributed by atoms with Crippen LogP contribution in [0.2, 0.25) is 0 Å². The number of carbonyl (C=O) groups is 1. The Morgan fingerprint density at radius 3 is 2.81 bits per heavy atom. The standard InChI is InChI=1S/C12H18N2O2/c13-9-10(11-4-3-7-16-11)8-12(15)14-5-1-2-6-14/h3-4,7,10H,1-2,5-6,8-9,13H2. The van der Waals surface area contributed by atoms with Crippen molar-refractivity contribution < 1.29 is 9.21 Å².